The van der Waals surface area contributed by atoms with E-state index in [1.807, 2.05) is 30.3 Å². The Balaban J connectivity index is 1.84. The molecule has 1 heterocycles. The minimum absolute atomic E-state index is 0.211. The van der Waals surface area contributed by atoms with Crippen LogP contribution in [0.2, 0.25) is 0 Å². The van der Waals surface area contributed by atoms with Crippen molar-refractivity contribution >= 4 is 33.0 Å². The molecule has 1 aliphatic carbocycles. The molecule has 0 amide bonds. The molecular formula is C16H15BrOS. The van der Waals surface area contributed by atoms with E-state index in [9.17, 15) is 4.79 Å². The number of rotatable bonds is 4. The summed E-state index contributed by atoms with van der Waals surface area (Å²) in [5.41, 5.74) is 0.986. The second-order valence-corrected chi connectivity index (χ2v) is 7.66. The SMILES string of the molecule is O=C(Cc1ccc(Br)s1)C1(c2ccccc2)CCC1. The first-order chi connectivity index (χ1) is 9.21. The van der Waals surface area contributed by atoms with Crippen LogP contribution in [0.15, 0.2) is 46.3 Å². The summed E-state index contributed by atoms with van der Waals surface area (Å²) >= 11 is 5.11. The van der Waals surface area contributed by atoms with Crippen molar-refractivity contribution < 1.29 is 4.79 Å². The summed E-state index contributed by atoms with van der Waals surface area (Å²) in [5.74, 6) is 0.374. The second-order valence-electron chi connectivity index (χ2n) is 5.11. The van der Waals surface area contributed by atoms with Gasteiger partial charge in [0.2, 0.25) is 0 Å². The highest BCUT2D eigenvalue weighted by Crippen LogP contribution is 2.45. The Kier molecular flexibility index (Phi) is 3.59. The Labute approximate surface area is 125 Å². The molecule has 0 radical (unpaired) electrons. The maximum absolute atomic E-state index is 12.7. The first-order valence-corrected chi connectivity index (χ1v) is 8.15. The van der Waals surface area contributed by atoms with Crippen LogP contribution in [0.25, 0.3) is 0 Å². The van der Waals surface area contributed by atoms with Gasteiger partial charge in [0.15, 0.2) is 0 Å². The van der Waals surface area contributed by atoms with Crippen molar-refractivity contribution in [1.82, 2.24) is 0 Å². The predicted molar refractivity (Wildman–Crippen MR) is 82.7 cm³/mol. The number of halogens is 1. The molecule has 0 saturated heterocycles. The number of hydrogen-bond acceptors (Lipinski definition) is 2. The van der Waals surface area contributed by atoms with E-state index in [2.05, 4.69) is 28.1 Å². The summed E-state index contributed by atoms with van der Waals surface area (Å²) in [6, 6.07) is 14.3. The quantitative estimate of drug-likeness (QED) is 0.788. The van der Waals surface area contributed by atoms with Gasteiger partial charge in [-0.1, -0.05) is 36.8 Å². The van der Waals surface area contributed by atoms with Crippen LogP contribution in [-0.4, -0.2) is 5.78 Å². The monoisotopic (exact) mass is 334 g/mol. The van der Waals surface area contributed by atoms with Gasteiger partial charge in [-0.3, -0.25) is 4.79 Å². The van der Waals surface area contributed by atoms with Crippen LogP contribution in [0, 0.1) is 0 Å². The fourth-order valence-electron chi connectivity index (χ4n) is 2.79. The molecule has 0 atom stereocenters. The number of Topliss-reactive ketones (excluding diaryl/α,β-unsaturated/α-hetero) is 1. The smallest absolute Gasteiger partial charge is 0.148 e. The van der Waals surface area contributed by atoms with Crippen LogP contribution in [0.4, 0.5) is 0 Å². The van der Waals surface area contributed by atoms with Gasteiger partial charge in [-0.2, -0.15) is 0 Å². The molecule has 1 saturated carbocycles. The summed E-state index contributed by atoms with van der Waals surface area (Å²) in [6.45, 7) is 0. The van der Waals surface area contributed by atoms with Crippen LogP contribution in [0.3, 0.4) is 0 Å². The zero-order chi connectivity index (χ0) is 13.3. The molecule has 3 heteroatoms. The average Bonchev–Trinajstić information content (AvgIpc) is 2.75. The lowest BCUT2D eigenvalue weighted by Crippen LogP contribution is -2.43. The van der Waals surface area contributed by atoms with E-state index >= 15 is 0 Å². The summed E-state index contributed by atoms with van der Waals surface area (Å²) in [4.78, 5) is 13.9. The third-order valence-corrected chi connectivity index (χ3v) is 5.65. The average molecular weight is 335 g/mol. The number of ketones is 1. The molecule has 1 fully saturated rings. The third-order valence-electron chi connectivity index (χ3n) is 4.03. The molecule has 2 aromatic rings. The van der Waals surface area contributed by atoms with E-state index in [4.69, 9.17) is 0 Å². The van der Waals surface area contributed by atoms with Gasteiger partial charge in [0.1, 0.15) is 5.78 Å². The normalized spacial score (nSPS) is 16.9. The number of benzene rings is 1. The Hall–Kier alpha value is -0.930. The van der Waals surface area contributed by atoms with Crippen molar-refractivity contribution in [2.75, 3.05) is 0 Å². The van der Waals surface area contributed by atoms with Crippen molar-refractivity contribution in [2.45, 2.75) is 31.1 Å². The Morgan fingerprint density at radius 3 is 2.42 bits per heavy atom. The Morgan fingerprint density at radius 1 is 1.16 bits per heavy atom. The highest BCUT2D eigenvalue weighted by Gasteiger charge is 2.44. The number of thiophene rings is 1. The Morgan fingerprint density at radius 2 is 1.89 bits per heavy atom. The second kappa shape index (κ2) is 5.22. The zero-order valence-corrected chi connectivity index (χ0v) is 13.0. The lowest BCUT2D eigenvalue weighted by molar-refractivity contribution is -0.126. The van der Waals surface area contributed by atoms with Crippen LogP contribution >= 0.6 is 27.3 Å². The van der Waals surface area contributed by atoms with E-state index in [1.54, 1.807) is 11.3 Å². The van der Waals surface area contributed by atoms with Gasteiger partial charge in [0, 0.05) is 11.3 Å². The predicted octanol–water partition coefficient (Wildman–Crippen LogP) is 4.74. The lowest BCUT2D eigenvalue weighted by atomic mass is 9.61. The topological polar surface area (TPSA) is 17.1 Å². The van der Waals surface area contributed by atoms with Crippen LogP contribution < -0.4 is 0 Å². The molecule has 98 valence electrons. The molecule has 1 aliphatic rings. The largest absolute Gasteiger partial charge is 0.298 e. The van der Waals surface area contributed by atoms with Crippen molar-refractivity contribution in [1.29, 1.82) is 0 Å². The molecule has 1 aromatic heterocycles. The fourth-order valence-corrected chi connectivity index (χ4v) is 4.27. The highest BCUT2D eigenvalue weighted by molar-refractivity contribution is 9.11. The number of carbonyl (C=O) groups is 1. The van der Waals surface area contributed by atoms with Gasteiger partial charge in [0.25, 0.3) is 0 Å². The van der Waals surface area contributed by atoms with Gasteiger partial charge in [0.05, 0.1) is 9.20 Å². The van der Waals surface area contributed by atoms with E-state index < -0.39 is 0 Å². The molecule has 1 nitrogen and oxygen atoms in total. The number of hydrogen-bond donors (Lipinski definition) is 0. The molecule has 0 spiro atoms. The molecule has 19 heavy (non-hydrogen) atoms. The Bertz CT molecular complexity index is 584. The van der Waals surface area contributed by atoms with Gasteiger partial charge in [-0.05, 0) is 46.5 Å². The lowest BCUT2D eigenvalue weighted by Gasteiger charge is -2.41. The van der Waals surface area contributed by atoms with E-state index in [0.29, 0.717) is 12.2 Å². The minimum atomic E-state index is -0.211. The van der Waals surface area contributed by atoms with Gasteiger partial charge >= 0.3 is 0 Å². The summed E-state index contributed by atoms with van der Waals surface area (Å²) < 4.78 is 1.10. The van der Waals surface area contributed by atoms with E-state index in [1.165, 1.54) is 5.56 Å². The maximum atomic E-state index is 12.7. The number of carbonyl (C=O) groups excluding carboxylic acids is 1. The standard InChI is InChI=1S/C16H15BrOS/c17-15-8-7-13(19-15)11-14(18)16(9-4-10-16)12-5-2-1-3-6-12/h1-3,5-8H,4,9-11H2. The summed E-state index contributed by atoms with van der Waals surface area (Å²) in [6.07, 6.45) is 3.73. The summed E-state index contributed by atoms with van der Waals surface area (Å²) in [7, 11) is 0. The first kappa shape index (κ1) is 13.1. The molecule has 0 bridgehead atoms. The van der Waals surface area contributed by atoms with E-state index in [-0.39, 0.29) is 5.41 Å². The molecule has 1 aromatic carbocycles. The van der Waals surface area contributed by atoms with Gasteiger partial charge < -0.3 is 0 Å². The van der Waals surface area contributed by atoms with Crippen molar-refractivity contribution in [2.24, 2.45) is 0 Å². The fraction of sp³-hybridized carbons (Fsp3) is 0.312. The van der Waals surface area contributed by atoms with Gasteiger partial charge in [-0.25, -0.2) is 0 Å². The van der Waals surface area contributed by atoms with Crippen molar-refractivity contribution in [3.05, 3.63) is 56.7 Å². The summed E-state index contributed by atoms with van der Waals surface area (Å²) in [5, 5.41) is 0. The minimum Gasteiger partial charge on any atom is -0.298 e. The van der Waals surface area contributed by atoms with Gasteiger partial charge in [-0.15, -0.1) is 11.3 Å². The van der Waals surface area contributed by atoms with Crippen LogP contribution in [0.5, 0.6) is 0 Å². The molecule has 0 aliphatic heterocycles. The molecule has 0 unspecified atom stereocenters. The van der Waals surface area contributed by atoms with Crippen molar-refractivity contribution in [3.8, 4) is 0 Å². The molecule has 3 rings (SSSR count). The first-order valence-electron chi connectivity index (χ1n) is 6.54. The zero-order valence-electron chi connectivity index (χ0n) is 10.6. The van der Waals surface area contributed by atoms with E-state index in [0.717, 1.165) is 27.9 Å². The molecular weight excluding hydrogens is 320 g/mol. The molecule has 0 N–H and O–H groups in total. The third kappa shape index (κ3) is 2.41. The maximum Gasteiger partial charge on any atom is 0.148 e. The highest BCUT2D eigenvalue weighted by atomic mass is 79.9. The van der Waals surface area contributed by atoms with Crippen LogP contribution in [0.1, 0.15) is 29.7 Å². The van der Waals surface area contributed by atoms with Crippen molar-refractivity contribution in [3.63, 3.8) is 0 Å². The van der Waals surface area contributed by atoms with Crippen LogP contribution in [-0.2, 0) is 16.6 Å².